The summed E-state index contributed by atoms with van der Waals surface area (Å²) in [5, 5.41) is 0.0817. The lowest BCUT2D eigenvalue weighted by molar-refractivity contribution is 0.628. The van der Waals surface area contributed by atoms with Crippen molar-refractivity contribution >= 4 is 11.6 Å². The summed E-state index contributed by atoms with van der Waals surface area (Å²) < 4.78 is 13.3. The van der Waals surface area contributed by atoms with Crippen molar-refractivity contribution in [2.24, 2.45) is 5.73 Å². The Bertz CT molecular complexity index is 618. The molecule has 3 nitrogen and oxygen atoms in total. The van der Waals surface area contributed by atoms with E-state index in [2.05, 4.69) is 23.8 Å². The molecule has 1 aromatic heterocycles. The van der Waals surface area contributed by atoms with Crippen LogP contribution in [0.15, 0.2) is 18.2 Å². The molecule has 0 radical (unpaired) electrons. The number of aromatic nitrogens is 2. The van der Waals surface area contributed by atoms with Crippen molar-refractivity contribution in [3.05, 3.63) is 46.0 Å². The number of halogens is 2. The minimum absolute atomic E-state index is 0.0817. The Balaban J connectivity index is 2.56. The predicted molar refractivity (Wildman–Crippen MR) is 84.0 cm³/mol. The molecule has 0 fully saturated rings. The molecule has 112 valence electrons. The molecule has 0 saturated carbocycles. The Morgan fingerprint density at radius 3 is 2.24 bits per heavy atom. The molecule has 0 unspecified atom stereocenters. The molecule has 0 atom stereocenters. The van der Waals surface area contributed by atoms with E-state index in [1.165, 1.54) is 6.07 Å². The summed E-state index contributed by atoms with van der Waals surface area (Å²) in [6, 6.07) is 4.55. The van der Waals surface area contributed by atoms with Gasteiger partial charge in [-0.25, -0.2) is 14.4 Å². The molecule has 0 bridgehead atoms. The molecule has 0 aliphatic carbocycles. The smallest absolute Gasteiger partial charge is 0.159 e. The van der Waals surface area contributed by atoms with Crippen LogP contribution in [0.2, 0.25) is 5.02 Å². The van der Waals surface area contributed by atoms with Gasteiger partial charge in [0.25, 0.3) is 0 Å². The van der Waals surface area contributed by atoms with E-state index < -0.39 is 5.82 Å². The van der Waals surface area contributed by atoms with Crippen LogP contribution in [-0.2, 0) is 19.3 Å². The van der Waals surface area contributed by atoms with E-state index in [9.17, 15) is 4.39 Å². The third-order valence-corrected chi connectivity index (χ3v) is 3.71. The summed E-state index contributed by atoms with van der Waals surface area (Å²) in [5.74, 6) is 0.151. The van der Waals surface area contributed by atoms with Crippen molar-refractivity contribution in [2.45, 2.75) is 33.1 Å². The Hall–Kier alpha value is -1.52. The first kappa shape index (κ1) is 15.9. The molecule has 2 aromatic rings. The molecule has 5 heteroatoms. The van der Waals surface area contributed by atoms with Crippen LogP contribution in [0.4, 0.5) is 4.39 Å². The second-order valence-corrected chi connectivity index (χ2v) is 5.20. The van der Waals surface area contributed by atoms with Gasteiger partial charge in [0.1, 0.15) is 5.82 Å². The van der Waals surface area contributed by atoms with Crippen LogP contribution in [0.5, 0.6) is 0 Å². The van der Waals surface area contributed by atoms with Crippen molar-refractivity contribution in [1.82, 2.24) is 9.97 Å². The van der Waals surface area contributed by atoms with E-state index in [4.69, 9.17) is 17.3 Å². The SMILES string of the molecule is CCc1nc(-c2ccc(F)c(Cl)c2)nc(CC)c1CCN. The maximum Gasteiger partial charge on any atom is 0.159 e. The zero-order chi connectivity index (χ0) is 15.4. The highest BCUT2D eigenvalue weighted by Crippen LogP contribution is 2.25. The first-order chi connectivity index (χ1) is 10.1. The number of hydrogen-bond acceptors (Lipinski definition) is 3. The highest BCUT2D eigenvalue weighted by molar-refractivity contribution is 6.31. The number of aryl methyl sites for hydroxylation is 2. The van der Waals surface area contributed by atoms with Gasteiger partial charge in [-0.1, -0.05) is 25.4 Å². The number of hydrogen-bond donors (Lipinski definition) is 1. The van der Waals surface area contributed by atoms with Gasteiger partial charge in [-0.2, -0.15) is 0 Å². The first-order valence-electron chi connectivity index (χ1n) is 7.14. The second kappa shape index (κ2) is 6.96. The number of nitrogens with two attached hydrogens (primary N) is 1. The van der Waals surface area contributed by atoms with Crippen LogP contribution in [0.25, 0.3) is 11.4 Å². The van der Waals surface area contributed by atoms with Gasteiger partial charge in [0.05, 0.1) is 5.02 Å². The molecule has 1 aromatic carbocycles. The van der Waals surface area contributed by atoms with Crippen molar-refractivity contribution in [3.8, 4) is 11.4 Å². The minimum Gasteiger partial charge on any atom is -0.330 e. The van der Waals surface area contributed by atoms with Crippen LogP contribution in [0, 0.1) is 5.82 Å². The zero-order valence-corrected chi connectivity index (χ0v) is 13.0. The fourth-order valence-corrected chi connectivity index (χ4v) is 2.54. The Morgan fingerprint density at radius 2 is 1.76 bits per heavy atom. The van der Waals surface area contributed by atoms with Crippen LogP contribution in [0.3, 0.4) is 0 Å². The Kier molecular flexibility index (Phi) is 5.26. The topological polar surface area (TPSA) is 51.8 Å². The summed E-state index contributed by atoms with van der Waals surface area (Å²) in [5.41, 5.74) is 9.55. The fourth-order valence-electron chi connectivity index (χ4n) is 2.36. The molecule has 0 spiro atoms. The van der Waals surface area contributed by atoms with Crippen molar-refractivity contribution in [2.75, 3.05) is 6.54 Å². The average molecular weight is 308 g/mol. The molecular formula is C16H19ClFN3. The van der Waals surface area contributed by atoms with Crippen LogP contribution in [0.1, 0.15) is 30.8 Å². The lowest BCUT2D eigenvalue weighted by atomic mass is 10.0. The summed E-state index contributed by atoms with van der Waals surface area (Å²) in [6.07, 6.45) is 2.40. The normalized spacial score (nSPS) is 10.9. The average Bonchev–Trinajstić information content (AvgIpc) is 2.50. The standard InChI is InChI=1S/C16H19ClFN3/c1-3-14-11(7-8-19)15(4-2)21-16(20-14)10-5-6-13(18)12(17)9-10/h5-6,9H,3-4,7-8,19H2,1-2H3. The molecule has 0 aliphatic rings. The summed E-state index contributed by atoms with van der Waals surface area (Å²) in [4.78, 5) is 9.22. The molecule has 0 amide bonds. The van der Waals surface area contributed by atoms with E-state index in [0.29, 0.717) is 12.4 Å². The van der Waals surface area contributed by atoms with Gasteiger partial charge in [0, 0.05) is 17.0 Å². The number of benzene rings is 1. The van der Waals surface area contributed by atoms with Crippen molar-refractivity contribution in [1.29, 1.82) is 0 Å². The molecule has 2 N–H and O–H groups in total. The molecule has 21 heavy (non-hydrogen) atoms. The molecular weight excluding hydrogens is 289 g/mol. The van der Waals surface area contributed by atoms with E-state index in [-0.39, 0.29) is 5.02 Å². The third-order valence-electron chi connectivity index (χ3n) is 3.42. The van der Waals surface area contributed by atoms with Gasteiger partial charge in [-0.3, -0.25) is 0 Å². The van der Waals surface area contributed by atoms with Crippen molar-refractivity contribution < 1.29 is 4.39 Å². The van der Waals surface area contributed by atoms with Gasteiger partial charge >= 0.3 is 0 Å². The first-order valence-corrected chi connectivity index (χ1v) is 7.52. The molecule has 0 saturated heterocycles. The largest absolute Gasteiger partial charge is 0.330 e. The maximum atomic E-state index is 13.3. The van der Waals surface area contributed by atoms with E-state index in [1.807, 2.05) is 0 Å². The molecule has 0 aliphatic heterocycles. The molecule has 1 heterocycles. The zero-order valence-electron chi connectivity index (χ0n) is 12.3. The second-order valence-electron chi connectivity index (χ2n) is 4.79. The van der Waals surface area contributed by atoms with Crippen LogP contribution >= 0.6 is 11.6 Å². The van der Waals surface area contributed by atoms with Crippen LogP contribution in [-0.4, -0.2) is 16.5 Å². The van der Waals surface area contributed by atoms with Gasteiger partial charge in [-0.15, -0.1) is 0 Å². The van der Waals surface area contributed by atoms with E-state index >= 15 is 0 Å². The summed E-state index contributed by atoms with van der Waals surface area (Å²) >= 11 is 5.84. The van der Waals surface area contributed by atoms with Crippen LogP contribution < -0.4 is 5.73 Å². The van der Waals surface area contributed by atoms with Gasteiger partial charge in [0.2, 0.25) is 0 Å². The summed E-state index contributed by atoms with van der Waals surface area (Å²) in [6.45, 7) is 4.69. The number of rotatable bonds is 5. The quantitative estimate of drug-likeness (QED) is 0.919. The van der Waals surface area contributed by atoms with Gasteiger partial charge in [0.15, 0.2) is 5.82 Å². The molecule has 2 rings (SSSR count). The Morgan fingerprint density at radius 1 is 1.14 bits per heavy atom. The van der Waals surface area contributed by atoms with E-state index in [0.717, 1.165) is 41.8 Å². The van der Waals surface area contributed by atoms with Crippen molar-refractivity contribution in [3.63, 3.8) is 0 Å². The maximum absolute atomic E-state index is 13.3. The van der Waals surface area contributed by atoms with Gasteiger partial charge in [-0.05, 0) is 49.6 Å². The minimum atomic E-state index is -0.438. The lowest BCUT2D eigenvalue weighted by Crippen LogP contribution is -2.12. The highest BCUT2D eigenvalue weighted by Gasteiger charge is 2.13. The highest BCUT2D eigenvalue weighted by atomic mass is 35.5. The summed E-state index contributed by atoms with van der Waals surface area (Å²) in [7, 11) is 0. The van der Waals surface area contributed by atoms with E-state index in [1.54, 1.807) is 12.1 Å². The fraction of sp³-hybridized carbons (Fsp3) is 0.375. The van der Waals surface area contributed by atoms with Gasteiger partial charge < -0.3 is 5.73 Å². The predicted octanol–water partition coefficient (Wildman–Crippen LogP) is 3.56. The Labute approximate surface area is 129 Å². The monoisotopic (exact) mass is 307 g/mol. The number of nitrogens with zero attached hydrogens (tertiary/aromatic N) is 2. The lowest BCUT2D eigenvalue weighted by Gasteiger charge is -2.13. The third kappa shape index (κ3) is 3.39.